The van der Waals surface area contributed by atoms with Gasteiger partial charge in [0.15, 0.2) is 11.5 Å². The van der Waals surface area contributed by atoms with Gasteiger partial charge in [0.2, 0.25) is 0 Å². The number of amides is 1. The third-order valence-electron chi connectivity index (χ3n) is 5.65. The number of hydrogen-bond acceptors (Lipinski definition) is 4. The number of nitrogens with zero attached hydrogens (tertiary/aromatic N) is 2. The second-order valence-electron chi connectivity index (χ2n) is 7.62. The Kier molecular flexibility index (Phi) is 4.93. The molecule has 1 fully saturated rings. The first-order valence-electron chi connectivity index (χ1n) is 10.3. The Balaban J connectivity index is 1.29. The number of hydrogen-bond donors (Lipinski definition) is 1. The van der Waals surface area contributed by atoms with Crippen molar-refractivity contribution in [2.45, 2.75) is 18.8 Å². The van der Waals surface area contributed by atoms with Crippen LogP contribution in [0, 0.1) is 0 Å². The zero-order chi connectivity index (χ0) is 20.3. The molecule has 0 radical (unpaired) electrons. The summed E-state index contributed by atoms with van der Waals surface area (Å²) >= 11 is 0. The summed E-state index contributed by atoms with van der Waals surface area (Å²) in [6, 6.07) is 25.5. The highest BCUT2D eigenvalue weighted by Crippen LogP contribution is 2.31. The largest absolute Gasteiger partial charge is 0.440 e. The van der Waals surface area contributed by atoms with Crippen LogP contribution in [-0.4, -0.2) is 28.9 Å². The van der Waals surface area contributed by atoms with Gasteiger partial charge >= 0.3 is 0 Å². The van der Waals surface area contributed by atoms with E-state index in [0.29, 0.717) is 18.7 Å². The Morgan fingerprint density at radius 1 is 0.900 bits per heavy atom. The smallest absolute Gasteiger partial charge is 0.255 e. The molecule has 1 aliphatic rings. The van der Waals surface area contributed by atoms with E-state index in [-0.39, 0.29) is 11.8 Å². The summed E-state index contributed by atoms with van der Waals surface area (Å²) < 4.78 is 5.95. The molecule has 1 N–H and O–H groups in total. The van der Waals surface area contributed by atoms with Crippen molar-refractivity contribution < 1.29 is 9.21 Å². The minimum Gasteiger partial charge on any atom is -0.440 e. The number of benzene rings is 3. The van der Waals surface area contributed by atoms with Gasteiger partial charge in [0.05, 0.1) is 11.3 Å². The average Bonchev–Trinajstić information content (AvgIpc) is 3.24. The molecule has 0 unspecified atom stereocenters. The minimum atomic E-state index is 0.0602. The van der Waals surface area contributed by atoms with Crippen LogP contribution in [0.4, 0.5) is 11.4 Å². The summed E-state index contributed by atoms with van der Waals surface area (Å²) in [5, 5.41) is 3.37. The number of piperidine rings is 1. The molecule has 4 aromatic rings. The van der Waals surface area contributed by atoms with E-state index in [9.17, 15) is 4.79 Å². The Hall–Kier alpha value is -3.60. The first-order chi connectivity index (χ1) is 14.8. The third kappa shape index (κ3) is 3.66. The summed E-state index contributed by atoms with van der Waals surface area (Å²) in [7, 11) is 0. The van der Waals surface area contributed by atoms with E-state index in [4.69, 9.17) is 4.42 Å². The van der Waals surface area contributed by atoms with Crippen LogP contribution in [0.3, 0.4) is 0 Å². The number of carbonyl (C=O) groups excluding carboxylic acids is 1. The standard InChI is InChI=1S/C25H23N3O2/c29-25(20-10-4-5-11-21(20)26-19-8-2-1-3-9-19)28-16-14-18(15-17-28)24-27-22-12-6-7-13-23(22)30-24/h1-13,18,26H,14-17H2. The van der Waals surface area contributed by atoms with Crippen molar-refractivity contribution in [3.8, 4) is 0 Å². The first kappa shape index (κ1) is 18.4. The van der Waals surface area contributed by atoms with Gasteiger partial charge < -0.3 is 14.6 Å². The van der Waals surface area contributed by atoms with Crippen molar-refractivity contribution in [2.24, 2.45) is 0 Å². The van der Waals surface area contributed by atoms with E-state index >= 15 is 0 Å². The molecule has 0 aliphatic carbocycles. The fourth-order valence-electron chi connectivity index (χ4n) is 4.02. The Labute approximate surface area is 175 Å². The van der Waals surface area contributed by atoms with Gasteiger partial charge in [0.1, 0.15) is 5.52 Å². The molecular weight excluding hydrogens is 374 g/mol. The second kappa shape index (κ2) is 8.03. The normalized spacial score (nSPS) is 14.7. The van der Waals surface area contributed by atoms with Crippen LogP contribution < -0.4 is 5.32 Å². The molecule has 3 aromatic carbocycles. The maximum Gasteiger partial charge on any atom is 0.255 e. The molecule has 5 rings (SSSR count). The van der Waals surface area contributed by atoms with Crippen LogP contribution in [-0.2, 0) is 0 Å². The molecular formula is C25H23N3O2. The van der Waals surface area contributed by atoms with E-state index < -0.39 is 0 Å². The van der Waals surface area contributed by atoms with Gasteiger partial charge in [-0.2, -0.15) is 0 Å². The average molecular weight is 397 g/mol. The van der Waals surface area contributed by atoms with Gasteiger partial charge in [-0.15, -0.1) is 0 Å². The fraction of sp³-hybridized carbons (Fsp3) is 0.200. The van der Waals surface area contributed by atoms with Gasteiger partial charge in [-0.25, -0.2) is 4.98 Å². The monoisotopic (exact) mass is 397 g/mol. The predicted octanol–water partition coefficient (Wildman–Crippen LogP) is 5.59. The van der Waals surface area contributed by atoms with E-state index in [2.05, 4.69) is 10.3 Å². The number of para-hydroxylation sites is 4. The zero-order valence-electron chi connectivity index (χ0n) is 16.6. The number of nitrogens with one attached hydrogen (secondary N) is 1. The zero-order valence-corrected chi connectivity index (χ0v) is 16.6. The summed E-state index contributed by atoms with van der Waals surface area (Å²) in [6.45, 7) is 1.39. The Morgan fingerprint density at radius 3 is 2.40 bits per heavy atom. The summed E-state index contributed by atoms with van der Waals surface area (Å²) in [5.41, 5.74) is 4.21. The van der Waals surface area contributed by atoms with Gasteiger partial charge in [-0.1, -0.05) is 42.5 Å². The second-order valence-corrected chi connectivity index (χ2v) is 7.62. The number of oxazole rings is 1. The Bertz CT molecular complexity index is 1130. The molecule has 5 nitrogen and oxygen atoms in total. The molecule has 1 saturated heterocycles. The molecule has 0 spiro atoms. The number of fused-ring (bicyclic) bond motifs is 1. The van der Waals surface area contributed by atoms with Crippen LogP contribution in [0.1, 0.15) is 35.0 Å². The van der Waals surface area contributed by atoms with Crippen molar-refractivity contribution in [1.29, 1.82) is 0 Å². The van der Waals surface area contributed by atoms with Gasteiger partial charge in [0.25, 0.3) is 5.91 Å². The van der Waals surface area contributed by atoms with Crippen molar-refractivity contribution in [3.05, 3.63) is 90.3 Å². The number of anilines is 2. The summed E-state index contributed by atoms with van der Waals surface area (Å²) in [5.74, 6) is 1.10. The Morgan fingerprint density at radius 2 is 1.60 bits per heavy atom. The van der Waals surface area contributed by atoms with Gasteiger partial charge in [0, 0.05) is 24.7 Å². The molecule has 1 aromatic heterocycles. The molecule has 1 amide bonds. The van der Waals surface area contributed by atoms with Crippen molar-refractivity contribution in [2.75, 3.05) is 18.4 Å². The summed E-state index contributed by atoms with van der Waals surface area (Å²) in [4.78, 5) is 19.8. The molecule has 150 valence electrons. The van der Waals surface area contributed by atoms with E-state index in [1.165, 1.54) is 0 Å². The van der Waals surface area contributed by atoms with Crippen molar-refractivity contribution in [1.82, 2.24) is 9.88 Å². The lowest BCUT2D eigenvalue weighted by Gasteiger charge is -2.31. The lowest BCUT2D eigenvalue weighted by Crippen LogP contribution is -2.38. The van der Waals surface area contributed by atoms with Crippen molar-refractivity contribution >= 4 is 28.4 Å². The number of aromatic nitrogens is 1. The minimum absolute atomic E-state index is 0.0602. The van der Waals surface area contributed by atoms with Crippen LogP contribution in [0.25, 0.3) is 11.1 Å². The maximum atomic E-state index is 13.2. The molecule has 0 atom stereocenters. The number of carbonyl (C=O) groups is 1. The third-order valence-corrected chi connectivity index (χ3v) is 5.65. The quantitative estimate of drug-likeness (QED) is 0.488. The number of likely N-dealkylation sites (tertiary alicyclic amines) is 1. The lowest BCUT2D eigenvalue weighted by molar-refractivity contribution is 0.0708. The molecule has 2 heterocycles. The van der Waals surface area contributed by atoms with Gasteiger partial charge in [-0.05, 0) is 49.2 Å². The SMILES string of the molecule is O=C(c1ccccc1Nc1ccccc1)N1CCC(c2nc3ccccc3o2)CC1. The van der Waals surface area contributed by atoms with Crippen LogP contribution >= 0.6 is 0 Å². The molecule has 0 bridgehead atoms. The first-order valence-corrected chi connectivity index (χ1v) is 10.3. The van der Waals surface area contributed by atoms with E-state index in [1.54, 1.807) is 0 Å². The highest BCUT2D eigenvalue weighted by atomic mass is 16.3. The lowest BCUT2D eigenvalue weighted by atomic mass is 9.96. The topological polar surface area (TPSA) is 58.4 Å². The van der Waals surface area contributed by atoms with Crippen molar-refractivity contribution in [3.63, 3.8) is 0 Å². The molecule has 0 saturated carbocycles. The predicted molar refractivity (Wildman–Crippen MR) is 118 cm³/mol. The van der Waals surface area contributed by atoms with Crippen LogP contribution in [0.5, 0.6) is 0 Å². The van der Waals surface area contributed by atoms with Gasteiger partial charge in [-0.3, -0.25) is 4.79 Å². The molecule has 5 heteroatoms. The number of rotatable bonds is 4. The highest BCUT2D eigenvalue weighted by Gasteiger charge is 2.28. The van der Waals surface area contributed by atoms with E-state index in [0.717, 1.165) is 41.2 Å². The maximum absolute atomic E-state index is 13.2. The summed E-state index contributed by atoms with van der Waals surface area (Å²) in [6.07, 6.45) is 1.71. The molecule has 1 aliphatic heterocycles. The van der Waals surface area contributed by atoms with E-state index in [1.807, 2.05) is 83.8 Å². The highest BCUT2D eigenvalue weighted by molar-refractivity contribution is 6.00. The van der Waals surface area contributed by atoms with Crippen LogP contribution in [0.15, 0.2) is 83.3 Å². The fourth-order valence-corrected chi connectivity index (χ4v) is 4.02. The van der Waals surface area contributed by atoms with Crippen LogP contribution in [0.2, 0.25) is 0 Å². The molecule has 30 heavy (non-hydrogen) atoms.